The smallest absolute Gasteiger partial charge is 0.261 e. The summed E-state index contributed by atoms with van der Waals surface area (Å²) in [5.41, 5.74) is 3.59. The molecule has 3 aromatic rings. The SMILES string of the molecule is CC[C@H](NC(=O)[C@@H](C)Oc1cccc2ccccc12)c1ccc(C)cc1C. The number of amides is 1. The highest BCUT2D eigenvalue weighted by Gasteiger charge is 2.21. The van der Waals surface area contributed by atoms with Gasteiger partial charge in [0.05, 0.1) is 6.04 Å². The molecule has 1 amide bonds. The molecule has 0 fully saturated rings. The average Bonchev–Trinajstić information content (AvgIpc) is 2.66. The summed E-state index contributed by atoms with van der Waals surface area (Å²) in [6, 6.07) is 20.3. The van der Waals surface area contributed by atoms with Gasteiger partial charge in [-0.15, -0.1) is 0 Å². The minimum absolute atomic E-state index is 0.0170. The van der Waals surface area contributed by atoms with Crippen LogP contribution in [0.4, 0.5) is 0 Å². The zero-order valence-electron chi connectivity index (χ0n) is 16.5. The Labute approximate surface area is 161 Å². The normalized spacial score (nSPS) is 13.2. The predicted molar refractivity (Wildman–Crippen MR) is 111 cm³/mol. The van der Waals surface area contributed by atoms with Crippen LogP contribution in [-0.2, 0) is 4.79 Å². The third-order valence-electron chi connectivity index (χ3n) is 4.95. The van der Waals surface area contributed by atoms with Crippen LogP contribution in [0.15, 0.2) is 60.7 Å². The molecule has 0 saturated carbocycles. The van der Waals surface area contributed by atoms with E-state index in [9.17, 15) is 4.79 Å². The van der Waals surface area contributed by atoms with Crippen molar-refractivity contribution < 1.29 is 9.53 Å². The lowest BCUT2D eigenvalue weighted by Gasteiger charge is -2.23. The summed E-state index contributed by atoms with van der Waals surface area (Å²) in [6.45, 7) is 8.05. The number of aryl methyl sites for hydroxylation is 2. The Kier molecular flexibility index (Phi) is 5.80. The first kappa shape index (κ1) is 19.0. The third kappa shape index (κ3) is 4.30. The number of rotatable bonds is 6. The molecule has 0 spiro atoms. The quantitative estimate of drug-likeness (QED) is 0.630. The maximum absolute atomic E-state index is 12.8. The fourth-order valence-corrected chi connectivity index (χ4v) is 3.45. The molecule has 1 N–H and O–H groups in total. The lowest BCUT2D eigenvalue weighted by molar-refractivity contribution is -0.128. The Morgan fingerprint density at radius 3 is 2.52 bits per heavy atom. The van der Waals surface area contributed by atoms with Gasteiger partial charge in [0.1, 0.15) is 5.75 Å². The van der Waals surface area contributed by atoms with Gasteiger partial charge < -0.3 is 10.1 Å². The van der Waals surface area contributed by atoms with Crippen LogP contribution in [-0.4, -0.2) is 12.0 Å². The molecule has 0 radical (unpaired) electrons. The first-order chi connectivity index (χ1) is 13.0. The number of ether oxygens (including phenoxy) is 1. The van der Waals surface area contributed by atoms with E-state index in [1.54, 1.807) is 6.92 Å². The van der Waals surface area contributed by atoms with Gasteiger partial charge >= 0.3 is 0 Å². The molecule has 140 valence electrons. The lowest BCUT2D eigenvalue weighted by atomic mass is 9.97. The highest BCUT2D eigenvalue weighted by atomic mass is 16.5. The van der Waals surface area contributed by atoms with Crippen molar-refractivity contribution in [1.29, 1.82) is 0 Å². The number of benzene rings is 3. The maximum atomic E-state index is 12.8. The summed E-state index contributed by atoms with van der Waals surface area (Å²) in [5, 5.41) is 5.26. The molecule has 0 aliphatic heterocycles. The number of nitrogens with one attached hydrogen (secondary N) is 1. The van der Waals surface area contributed by atoms with Crippen molar-refractivity contribution in [3.05, 3.63) is 77.4 Å². The first-order valence-corrected chi connectivity index (χ1v) is 9.51. The minimum atomic E-state index is -0.574. The molecule has 3 nitrogen and oxygen atoms in total. The molecule has 0 heterocycles. The number of hydrogen-bond donors (Lipinski definition) is 1. The van der Waals surface area contributed by atoms with Crippen LogP contribution >= 0.6 is 0 Å². The van der Waals surface area contributed by atoms with Crippen molar-refractivity contribution in [2.45, 2.75) is 46.3 Å². The average molecular weight is 361 g/mol. The minimum Gasteiger partial charge on any atom is -0.480 e. The van der Waals surface area contributed by atoms with Crippen LogP contribution in [0, 0.1) is 13.8 Å². The molecular weight excluding hydrogens is 334 g/mol. The number of carbonyl (C=O) groups excluding carboxylic acids is 1. The van der Waals surface area contributed by atoms with Gasteiger partial charge in [-0.05, 0) is 49.8 Å². The molecule has 2 atom stereocenters. The van der Waals surface area contributed by atoms with Crippen molar-refractivity contribution in [1.82, 2.24) is 5.32 Å². The number of hydrogen-bond acceptors (Lipinski definition) is 2. The molecule has 0 aliphatic carbocycles. The van der Waals surface area contributed by atoms with Crippen molar-refractivity contribution in [2.75, 3.05) is 0 Å². The van der Waals surface area contributed by atoms with E-state index in [0.29, 0.717) is 0 Å². The van der Waals surface area contributed by atoms with E-state index in [-0.39, 0.29) is 11.9 Å². The van der Waals surface area contributed by atoms with Crippen molar-refractivity contribution in [3.8, 4) is 5.75 Å². The van der Waals surface area contributed by atoms with Crippen LogP contribution in [0.2, 0.25) is 0 Å². The number of carbonyl (C=O) groups is 1. The molecule has 0 aliphatic rings. The molecule has 27 heavy (non-hydrogen) atoms. The highest BCUT2D eigenvalue weighted by Crippen LogP contribution is 2.26. The summed E-state index contributed by atoms with van der Waals surface area (Å²) in [7, 11) is 0. The molecule has 0 aromatic heterocycles. The van der Waals surface area contributed by atoms with Crippen LogP contribution in [0.25, 0.3) is 10.8 Å². The van der Waals surface area contributed by atoms with E-state index < -0.39 is 6.10 Å². The zero-order chi connectivity index (χ0) is 19.4. The Hall–Kier alpha value is -2.81. The number of fused-ring (bicyclic) bond motifs is 1. The second kappa shape index (κ2) is 8.26. The van der Waals surface area contributed by atoms with Gasteiger partial charge in [-0.2, -0.15) is 0 Å². The van der Waals surface area contributed by atoms with E-state index >= 15 is 0 Å². The van der Waals surface area contributed by atoms with Gasteiger partial charge in [-0.3, -0.25) is 4.79 Å². The third-order valence-corrected chi connectivity index (χ3v) is 4.95. The molecule has 3 heteroatoms. The van der Waals surface area contributed by atoms with Crippen LogP contribution < -0.4 is 10.1 Å². The Bertz CT molecular complexity index is 943. The summed E-state index contributed by atoms with van der Waals surface area (Å²) >= 11 is 0. The monoisotopic (exact) mass is 361 g/mol. The predicted octanol–water partition coefficient (Wildman–Crippen LogP) is 5.49. The van der Waals surface area contributed by atoms with Crippen LogP contribution in [0.3, 0.4) is 0 Å². The van der Waals surface area contributed by atoms with E-state index in [4.69, 9.17) is 4.74 Å². The van der Waals surface area contributed by atoms with Crippen LogP contribution in [0.5, 0.6) is 5.75 Å². The van der Waals surface area contributed by atoms with Crippen LogP contribution in [0.1, 0.15) is 43.0 Å². The summed E-state index contributed by atoms with van der Waals surface area (Å²) in [4.78, 5) is 12.8. The lowest BCUT2D eigenvalue weighted by Crippen LogP contribution is -2.38. The van der Waals surface area contributed by atoms with Gasteiger partial charge in [0.25, 0.3) is 5.91 Å². The van der Waals surface area contributed by atoms with E-state index in [2.05, 4.69) is 44.3 Å². The zero-order valence-corrected chi connectivity index (χ0v) is 16.5. The molecule has 0 saturated heterocycles. The Morgan fingerprint density at radius 2 is 1.78 bits per heavy atom. The van der Waals surface area contributed by atoms with Gasteiger partial charge in [-0.1, -0.05) is 67.1 Å². The van der Waals surface area contributed by atoms with Crippen molar-refractivity contribution in [3.63, 3.8) is 0 Å². The second-order valence-electron chi connectivity index (χ2n) is 7.07. The highest BCUT2D eigenvalue weighted by molar-refractivity contribution is 5.89. The first-order valence-electron chi connectivity index (χ1n) is 9.51. The Morgan fingerprint density at radius 1 is 1.04 bits per heavy atom. The largest absolute Gasteiger partial charge is 0.480 e. The Balaban J connectivity index is 1.74. The molecule has 3 rings (SSSR count). The van der Waals surface area contributed by atoms with Crippen molar-refractivity contribution in [2.24, 2.45) is 0 Å². The standard InChI is InChI=1S/C24H27NO2/c1-5-22(20-14-13-16(2)15-17(20)3)25-24(26)18(4)27-23-12-8-10-19-9-6-7-11-21(19)23/h6-15,18,22H,5H2,1-4H3,(H,25,26)/t18-,22+/m1/s1. The fourth-order valence-electron chi connectivity index (χ4n) is 3.45. The van der Waals surface area contributed by atoms with Gasteiger partial charge in [0.15, 0.2) is 6.10 Å². The fraction of sp³-hybridized carbons (Fsp3) is 0.292. The van der Waals surface area contributed by atoms with Gasteiger partial charge in [0.2, 0.25) is 0 Å². The molecule has 0 unspecified atom stereocenters. The topological polar surface area (TPSA) is 38.3 Å². The van der Waals surface area contributed by atoms with Gasteiger partial charge in [-0.25, -0.2) is 0 Å². The summed E-state index contributed by atoms with van der Waals surface area (Å²) in [5.74, 6) is 0.630. The van der Waals surface area contributed by atoms with E-state index in [0.717, 1.165) is 28.5 Å². The van der Waals surface area contributed by atoms with E-state index in [1.807, 2.05) is 42.5 Å². The van der Waals surface area contributed by atoms with Crippen molar-refractivity contribution >= 4 is 16.7 Å². The molecule has 0 bridgehead atoms. The molecule has 3 aromatic carbocycles. The van der Waals surface area contributed by atoms with E-state index in [1.165, 1.54) is 11.1 Å². The summed E-state index contributed by atoms with van der Waals surface area (Å²) < 4.78 is 6.01. The maximum Gasteiger partial charge on any atom is 0.261 e. The van der Waals surface area contributed by atoms with Gasteiger partial charge in [0, 0.05) is 5.39 Å². The summed E-state index contributed by atoms with van der Waals surface area (Å²) in [6.07, 6.45) is 0.256. The second-order valence-corrected chi connectivity index (χ2v) is 7.07. The molecular formula is C24H27NO2.